The molecule has 5 heteroatoms. The lowest BCUT2D eigenvalue weighted by atomic mass is 10.1. The van der Waals surface area contributed by atoms with Crippen molar-refractivity contribution < 1.29 is 14.9 Å². The standard InChI is InChI=1S/C18H24N2O3/c1-19(2)11-13-9-15(5-7-17(13)21)23-16-6-8-18(22)14(10-16)12-20(3)4/h5-10,21-22H,11-12H2,1-4H3. The fourth-order valence-corrected chi connectivity index (χ4v) is 2.32. The lowest BCUT2D eigenvalue weighted by molar-refractivity contribution is 0.381. The molecule has 0 saturated heterocycles. The summed E-state index contributed by atoms with van der Waals surface area (Å²) in [6.45, 7) is 1.26. The number of hydrogen-bond acceptors (Lipinski definition) is 5. The van der Waals surface area contributed by atoms with Gasteiger partial charge in [0.25, 0.3) is 0 Å². The van der Waals surface area contributed by atoms with Crippen molar-refractivity contribution in [1.29, 1.82) is 0 Å². The van der Waals surface area contributed by atoms with Crippen LogP contribution in [0.4, 0.5) is 0 Å². The number of phenolic OH excluding ortho intramolecular Hbond substituents is 2. The van der Waals surface area contributed by atoms with Gasteiger partial charge in [-0.25, -0.2) is 0 Å². The lowest BCUT2D eigenvalue weighted by Gasteiger charge is -2.15. The van der Waals surface area contributed by atoms with Gasteiger partial charge in [0.05, 0.1) is 0 Å². The first-order valence-corrected chi connectivity index (χ1v) is 7.46. The molecule has 0 fully saturated rings. The van der Waals surface area contributed by atoms with Crippen LogP contribution in [0.2, 0.25) is 0 Å². The number of rotatable bonds is 6. The van der Waals surface area contributed by atoms with Crippen LogP contribution in [0.15, 0.2) is 36.4 Å². The minimum atomic E-state index is 0.255. The fraction of sp³-hybridized carbons (Fsp3) is 0.333. The summed E-state index contributed by atoms with van der Waals surface area (Å²) in [5, 5.41) is 19.8. The van der Waals surface area contributed by atoms with Crippen LogP contribution in [0, 0.1) is 0 Å². The second-order valence-corrected chi connectivity index (χ2v) is 6.16. The van der Waals surface area contributed by atoms with Crippen molar-refractivity contribution in [1.82, 2.24) is 9.80 Å². The van der Waals surface area contributed by atoms with E-state index >= 15 is 0 Å². The summed E-state index contributed by atoms with van der Waals surface area (Å²) >= 11 is 0. The molecule has 0 aliphatic heterocycles. The Kier molecular flexibility index (Phi) is 5.47. The van der Waals surface area contributed by atoms with Gasteiger partial charge in [0, 0.05) is 24.2 Å². The van der Waals surface area contributed by atoms with E-state index in [9.17, 15) is 10.2 Å². The Morgan fingerprint density at radius 3 is 1.48 bits per heavy atom. The van der Waals surface area contributed by atoms with E-state index in [4.69, 9.17) is 4.74 Å². The summed E-state index contributed by atoms with van der Waals surface area (Å²) in [6, 6.07) is 10.4. The van der Waals surface area contributed by atoms with Crippen LogP contribution >= 0.6 is 0 Å². The van der Waals surface area contributed by atoms with Gasteiger partial charge in [0.15, 0.2) is 0 Å². The maximum absolute atomic E-state index is 9.91. The first kappa shape index (κ1) is 17.1. The Morgan fingerprint density at radius 2 is 1.13 bits per heavy atom. The van der Waals surface area contributed by atoms with Crippen molar-refractivity contribution in [2.75, 3.05) is 28.2 Å². The highest BCUT2D eigenvalue weighted by Gasteiger charge is 2.08. The van der Waals surface area contributed by atoms with Gasteiger partial charge in [-0.05, 0) is 64.6 Å². The molecule has 0 amide bonds. The first-order chi connectivity index (χ1) is 10.8. The molecular formula is C18H24N2O3. The van der Waals surface area contributed by atoms with Gasteiger partial charge in [0.2, 0.25) is 0 Å². The fourth-order valence-electron chi connectivity index (χ4n) is 2.32. The molecule has 2 N–H and O–H groups in total. The van der Waals surface area contributed by atoms with Crippen molar-refractivity contribution in [3.8, 4) is 23.0 Å². The summed E-state index contributed by atoms with van der Waals surface area (Å²) in [4.78, 5) is 3.96. The monoisotopic (exact) mass is 316 g/mol. The SMILES string of the molecule is CN(C)Cc1cc(Oc2ccc(O)c(CN(C)C)c2)ccc1O. The van der Waals surface area contributed by atoms with Gasteiger partial charge in [-0.2, -0.15) is 0 Å². The van der Waals surface area contributed by atoms with E-state index in [1.165, 1.54) is 0 Å². The third kappa shape index (κ3) is 4.87. The van der Waals surface area contributed by atoms with Crippen LogP contribution in [0.5, 0.6) is 23.0 Å². The number of aromatic hydroxyl groups is 2. The van der Waals surface area contributed by atoms with Crippen molar-refractivity contribution >= 4 is 0 Å². The smallest absolute Gasteiger partial charge is 0.128 e. The van der Waals surface area contributed by atoms with Gasteiger partial charge in [-0.1, -0.05) is 0 Å². The zero-order valence-corrected chi connectivity index (χ0v) is 14.1. The molecule has 0 spiro atoms. The van der Waals surface area contributed by atoms with E-state index in [1.807, 2.05) is 50.1 Å². The van der Waals surface area contributed by atoms with Crippen molar-refractivity contribution in [3.63, 3.8) is 0 Å². The number of nitrogens with zero attached hydrogens (tertiary/aromatic N) is 2. The highest BCUT2D eigenvalue weighted by atomic mass is 16.5. The van der Waals surface area contributed by atoms with Crippen LogP contribution in [0.25, 0.3) is 0 Å². The van der Waals surface area contributed by atoms with Crippen LogP contribution in [0.1, 0.15) is 11.1 Å². The van der Waals surface area contributed by atoms with Gasteiger partial charge in [0.1, 0.15) is 23.0 Å². The summed E-state index contributed by atoms with van der Waals surface area (Å²) in [7, 11) is 7.78. The zero-order chi connectivity index (χ0) is 17.0. The normalized spacial score (nSPS) is 11.2. The molecule has 0 heterocycles. The molecular weight excluding hydrogens is 292 g/mol. The maximum Gasteiger partial charge on any atom is 0.128 e. The van der Waals surface area contributed by atoms with Crippen molar-refractivity contribution in [3.05, 3.63) is 47.5 Å². The van der Waals surface area contributed by atoms with Gasteiger partial charge < -0.3 is 24.7 Å². The molecule has 0 aliphatic rings. The molecule has 0 aliphatic carbocycles. The number of ether oxygens (including phenoxy) is 1. The van der Waals surface area contributed by atoms with Gasteiger partial charge in [-0.3, -0.25) is 0 Å². The van der Waals surface area contributed by atoms with E-state index in [0.717, 1.165) is 11.1 Å². The molecule has 0 unspecified atom stereocenters. The number of benzene rings is 2. The molecule has 0 atom stereocenters. The first-order valence-electron chi connectivity index (χ1n) is 7.46. The van der Waals surface area contributed by atoms with Crippen molar-refractivity contribution in [2.45, 2.75) is 13.1 Å². The number of phenols is 2. The van der Waals surface area contributed by atoms with Crippen LogP contribution in [-0.2, 0) is 13.1 Å². The average Bonchev–Trinajstić information content (AvgIpc) is 2.45. The molecule has 0 radical (unpaired) electrons. The molecule has 124 valence electrons. The van der Waals surface area contributed by atoms with E-state index in [1.54, 1.807) is 24.3 Å². The Hall–Kier alpha value is -2.24. The van der Waals surface area contributed by atoms with E-state index in [-0.39, 0.29) is 11.5 Å². The summed E-state index contributed by atoms with van der Waals surface area (Å²) in [5.74, 6) is 1.82. The summed E-state index contributed by atoms with van der Waals surface area (Å²) < 4.78 is 5.87. The topological polar surface area (TPSA) is 56.2 Å². The minimum Gasteiger partial charge on any atom is -0.508 e. The number of hydrogen-bond donors (Lipinski definition) is 2. The molecule has 0 saturated carbocycles. The quantitative estimate of drug-likeness (QED) is 0.858. The zero-order valence-electron chi connectivity index (χ0n) is 14.1. The lowest BCUT2D eigenvalue weighted by Crippen LogP contribution is -2.11. The van der Waals surface area contributed by atoms with Crippen LogP contribution < -0.4 is 4.74 Å². The molecule has 2 aromatic carbocycles. The van der Waals surface area contributed by atoms with Crippen LogP contribution in [-0.4, -0.2) is 48.2 Å². The highest BCUT2D eigenvalue weighted by Crippen LogP contribution is 2.30. The molecule has 2 aromatic rings. The highest BCUT2D eigenvalue weighted by molar-refractivity contribution is 5.44. The molecule has 0 bridgehead atoms. The third-order valence-electron chi connectivity index (χ3n) is 3.31. The average molecular weight is 316 g/mol. The van der Waals surface area contributed by atoms with E-state index < -0.39 is 0 Å². The molecule has 0 aromatic heterocycles. The van der Waals surface area contributed by atoms with Crippen LogP contribution in [0.3, 0.4) is 0 Å². The Morgan fingerprint density at radius 1 is 0.739 bits per heavy atom. The molecule has 2 rings (SSSR count). The van der Waals surface area contributed by atoms with E-state index in [2.05, 4.69) is 0 Å². The predicted octanol–water partition coefficient (Wildman–Crippen LogP) is 3.01. The minimum absolute atomic E-state index is 0.255. The molecule has 5 nitrogen and oxygen atoms in total. The Bertz CT molecular complexity index is 612. The predicted molar refractivity (Wildman–Crippen MR) is 91.1 cm³/mol. The summed E-state index contributed by atoms with van der Waals surface area (Å²) in [6.07, 6.45) is 0. The van der Waals surface area contributed by atoms with Gasteiger partial charge >= 0.3 is 0 Å². The second kappa shape index (κ2) is 7.35. The van der Waals surface area contributed by atoms with E-state index in [0.29, 0.717) is 24.6 Å². The second-order valence-electron chi connectivity index (χ2n) is 6.16. The Labute approximate surface area is 137 Å². The maximum atomic E-state index is 9.91. The van der Waals surface area contributed by atoms with Crippen molar-refractivity contribution in [2.24, 2.45) is 0 Å². The largest absolute Gasteiger partial charge is 0.508 e. The van der Waals surface area contributed by atoms with Gasteiger partial charge in [-0.15, -0.1) is 0 Å². The summed E-state index contributed by atoms with van der Waals surface area (Å²) in [5.41, 5.74) is 1.61. The Balaban J connectivity index is 2.22. The molecule has 23 heavy (non-hydrogen) atoms. The third-order valence-corrected chi connectivity index (χ3v) is 3.31.